The Balaban J connectivity index is 2.04. The normalized spacial score (nSPS) is 9.96. The molecular weight excluding hydrogens is 324 g/mol. The zero-order valence-corrected chi connectivity index (χ0v) is 13.6. The van der Waals surface area contributed by atoms with Gasteiger partial charge in [-0.3, -0.25) is 14.4 Å². The first-order valence-electron chi connectivity index (χ1n) is 7.64. The third-order valence-corrected chi connectivity index (χ3v) is 3.21. The van der Waals surface area contributed by atoms with Crippen LogP contribution < -0.4 is 15.4 Å². The first-order valence-corrected chi connectivity index (χ1v) is 7.64. The molecule has 0 aromatic heterocycles. The Bertz CT molecular complexity index is 771. The molecule has 0 saturated carbocycles. The fraction of sp³-hybridized carbons (Fsp3) is 0.167. The van der Waals surface area contributed by atoms with Gasteiger partial charge in [-0.15, -0.1) is 0 Å². The topological polar surface area (TPSA) is 105 Å². The van der Waals surface area contributed by atoms with Crippen LogP contribution in [0.4, 0.5) is 5.69 Å². The largest absolute Gasteiger partial charge is 0.494 e. The van der Waals surface area contributed by atoms with Gasteiger partial charge in [0.2, 0.25) is 0 Å². The summed E-state index contributed by atoms with van der Waals surface area (Å²) < 4.78 is 5.32. The summed E-state index contributed by atoms with van der Waals surface area (Å²) in [6.07, 6.45) is 0. The van der Waals surface area contributed by atoms with Gasteiger partial charge < -0.3 is 20.5 Å². The molecule has 0 bridgehead atoms. The number of anilines is 1. The molecule has 0 saturated heterocycles. The van der Waals surface area contributed by atoms with Crippen LogP contribution in [0.2, 0.25) is 0 Å². The van der Waals surface area contributed by atoms with Gasteiger partial charge in [-0.1, -0.05) is 6.07 Å². The lowest BCUT2D eigenvalue weighted by atomic mass is 10.1. The number of rotatable bonds is 7. The van der Waals surface area contributed by atoms with E-state index in [4.69, 9.17) is 9.84 Å². The maximum atomic E-state index is 12.2. The van der Waals surface area contributed by atoms with Gasteiger partial charge in [-0.25, -0.2) is 0 Å². The van der Waals surface area contributed by atoms with Crippen LogP contribution in [-0.4, -0.2) is 36.0 Å². The van der Waals surface area contributed by atoms with Crippen molar-refractivity contribution in [2.75, 3.05) is 18.5 Å². The number of carboxylic acid groups (broad SMARTS) is 1. The first kappa shape index (κ1) is 18.0. The molecule has 2 rings (SSSR count). The maximum absolute atomic E-state index is 12.2. The summed E-state index contributed by atoms with van der Waals surface area (Å²) in [6, 6.07) is 12.9. The van der Waals surface area contributed by atoms with E-state index in [0.29, 0.717) is 23.6 Å². The maximum Gasteiger partial charge on any atom is 0.322 e. The number of ether oxygens (including phenoxy) is 1. The van der Waals surface area contributed by atoms with Gasteiger partial charge in [0.05, 0.1) is 6.61 Å². The van der Waals surface area contributed by atoms with Crippen molar-refractivity contribution in [3.05, 3.63) is 59.7 Å². The Morgan fingerprint density at radius 3 is 2.36 bits per heavy atom. The summed E-state index contributed by atoms with van der Waals surface area (Å²) in [5, 5.41) is 13.5. The molecule has 0 atom stereocenters. The Kier molecular flexibility index (Phi) is 6.11. The summed E-state index contributed by atoms with van der Waals surface area (Å²) in [4.78, 5) is 34.6. The molecule has 2 aromatic carbocycles. The minimum absolute atomic E-state index is 0.255. The molecule has 0 aliphatic carbocycles. The summed E-state index contributed by atoms with van der Waals surface area (Å²) >= 11 is 0. The molecular formula is C18H18N2O5. The van der Waals surface area contributed by atoms with E-state index in [2.05, 4.69) is 10.6 Å². The Morgan fingerprint density at radius 2 is 1.72 bits per heavy atom. The average Bonchev–Trinajstić information content (AvgIpc) is 2.60. The lowest BCUT2D eigenvalue weighted by Crippen LogP contribution is -2.29. The average molecular weight is 342 g/mol. The van der Waals surface area contributed by atoms with Crippen LogP contribution in [0.25, 0.3) is 0 Å². The van der Waals surface area contributed by atoms with Gasteiger partial charge in [0.1, 0.15) is 12.3 Å². The lowest BCUT2D eigenvalue weighted by Gasteiger charge is -2.08. The van der Waals surface area contributed by atoms with E-state index < -0.39 is 18.4 Å². The molecule has 2 amide bonds. The number of aliphatic carboxylic acids is 1. The van der Waals surface area contributed by atoms with E-state index in [1.165, 1.54) is 12.1 Å². The van der Waals surface area contributed by atoms with Crippen LogP contribution >= 0.6 is 0 Å². The number of hydrogen-bond acceptors (Lipinski definition) is 4. The molecule has 0 aliphatic rings. The van der Waals surface area contributed by atoms with Crippen molar-refractivity contribution in [1.82, 2.24) is 5.32 Å². The van der Waals surface area contributed by atoms with Gasteiger partial charge in [-0.2, -0.15) is 0 Å². The Morgan fingerprint density at radius 1 is 1.00 bits per heavy atom. The number of benzene rings is 2. The zero-order valence-electron chi connectivity index (χ0n) is 13.6. The number of nitrogens with one attached hydrogen (secondary N) is 2. The highest BCUT2D eigenvalue weighted by atomic mass is 16.5. The highest BCUT2D eigenvalue weighted by molar-refractivity contribution is 6.05. The summed E-state index contributed by atoms with van der Waals surface area (Å²) in [6.45, 7) is 1.95. The van der Waals surface area contributed by atoms with Crippen molar-refractivity contribution in [2.24, 2.45) is 0 Å². The third-order valence-electron chi connectivity index (χ3n) is 3.21. The molecule has 7 heteroatoms. The second-order valence-electron chi connectivity index (χ2n) is 5.07. The summed E-state index contributed by atoms with van der Waals surface area (Å²) in [5.41, 5.74) is 1.14. The third kappa shape index (κ3) is 5.35. The fourth-order valence-electron chi connectivity index (χ4n) is 2.07. The van der Waals surface area contributed by atoms with Crippen LogP contribution in [0.3, 0.4) is 0 Å². The number of hydrogen-bond donors (Lipinski definition) is 3. The van der Waals surface area contributed by atoms with Gasteiger partial charge in [0.15, 0.2) is 0 Å². The predicted molar refractivity (Wildman–Crippen MR) is 92.0 cm³/mol. The summed E-state index contributed by atoms with van der Waals surface area (Å²) in [5.74, 6) is -1.31. The van der Waals surface area contributed by atoms with Crippen LogP contribution in [0.5, 0.6) is 5.75 Å². The van der Waals surface area contributed by atoms with Gasteiger partial charge in [-0.05, 0) is 49.4 Å². The van der Waals surface area contributed by atoms with Crippen LogP contribution in [0.1, 0.15) is 27.6 Å². The van der Waals surface area contributed by atoms with Gasteiger partial charge in [0.25, 0.3) is 11.8 Å². The number of carboxylic acids is 1. The zero-order chi connectivity index (χ0) is 18.2. The molecule has 0 aliphatic heterocycles. The molecule has 0 fully saturated rings. The smallest absolute Gasteiger partial charge is 0.322 e. The molecule has 2 aromatic rings. The minimum Gasteiger partial charge on any atom is -0.494 e. The van der Waals surface area contributed by atoms with Crippen LogP contribution in [-0.2, 0) is 4.79 Å². The van der Waals surface area contributed by atoms with Crippen molar-refractivity contribution in [3.8, 4) is 5.75 Å². The molecule has 0 radical (unpaired) electrons. The second-order valence-corrected chi connectivity index (χ2v) is 5.07. The Hall–Kier alpha value is -3.35. The number of carbonyl (C=O) groups excluding carboxylic acids is 2. The van der Waals surface area contributed by atoms with E-state index in [-0.39, 0.29) is 11.5 Å². The molecule has 0 unspecified atom stereocenters. The van der Waals surface area contributed by atoms with Crippen molar-refractivity contribution in [1.29, 1.82) is 0 Å². The molecule has 0 spiro atoms. The highest BCUT2D eigenvalue weighted by Gasteiger charge is 2.10. The van der Waals surface area contributed by atoms with E-state index >= 15 is 0 Å². The van der Waals surface area contributed by atoms with E-state index in [1.54, 1.807) is 36.4 Å². The van der Waals surface area contributed by atoms with E-state index in [1.807, 2.05) is 6.92 Å². The second kappa shape index (κ2) is 8.49. The number of amides is 2. The quantitative estimate of drug-likeness (QED) is 0.715. The Labute approximate surface area is 144 Å². The molecule has 7 nitrogen and oxygen atoms in total. The van der Waals surface area contributed by atoms with Gasteiger partial charge >= 0.3 is 5.97 Å². The van der Waals surface area contributed by atoms with E-state index in [9.17, 15) is 14.4 Å². The SMILES string of the molecule is CCOc1ccc(C(=O)Nc2cccc(C(=O)NCC(=O)O)c2)cc1. The lowest BCUT2D eigenvalue weighted by molar-refractivity contribution is -0.135. The van der Waals surface area contributed by atoms with Crippen molar-refractivity contribution in [2.45, 2.75) is 6.92 Å². The fourth-order valence-corrected chi connectivity index (χ4v) is 2.07. The molecule has 130 valence electrons. The van der Waals surface area contributed by atoms with Crippen molar-refractivity contribution >= 4 is 23.5 Å². The standard InChI is InChI=1S/C18H18N2O5/c1-2-25-15-8-6-12(7-9-15)18(24)20-14-5-3-4-13(10-14)17(23)19-11-16(21)22/h3-10H,2,11H2,1H3,(H,19,23)(H,20,24)(H,21,22). The van der Waals surface area contributed by atoms with Gasteiger partial charge in [0, 0.05) is 16.8 Å². The minimum atomic E-state index is -1.13. The van der Waals surface area contributed by atoms with Crippen molar-refractivity contribution in [3.63, 3.8) is 0 Å². The predicted octanol–water partition coefficient (Wildman–Crippen LogP) is 2.15. The van der Waals surface area contributed by atoms with Crippen molar-refractivity contribution < 1.29 is 24.2 Å². The molecule has 0 heterocycles. The van der Waals surface area contributed by atoms with Crippen LogP contribution in [0, 0.1) is 0 Å². The monoisotopic (exact) mass is 342 g/mol. The molecule has 3 N–H and O–H groups in total. The van der Waals surface area contributed by atoms with Crippen LogP contribution in [0.15, 0.2) is 48.5 Å². The van der Waals surface area contributed by atoms with E-state index in [0.717, 1.165) is 0 Å². The molecule has 25 heavy (non-hydrogen) atoms. The highest BCUT2D eigenvalue weighted by Crippen LogP contribution is 2.15. The first-order chi connectivity index (χ1) is 12.0. The number of carbonyl (C=O) groups is 3. The summed E-state index contributed by atoms with van der Waals surface area (Å²) in [7, 11) is 0.